The van der Waals surface area contributed by atoms with E-state index in [4.69, 9.17) is 14.2 Å². The molecule has 2 aromatic carbocycles. The summed E-state index contributed by atoms with van der Waals surface area (Å²) in [6.07, 6.45) is 2.47. The molecule has 0 aliphatic carbocycles. The zero-order chi connectivity index (χ0) is 19.8. The molecule has 2 aromatic rings. The van der Waals surface area contributed by atoms with E-state index in [0.29, 0.717) is 23.7 Å². The Kier molecular flexibility index (Phi) is 8.12. The van der Waals surface area contributed by atoms with Crippen LogP contribution in [0.4, 0.5) is 0 Å². The summed E-state index contributed by atoms with van der Waals surface area (Å²) in [6, 6.07) is 8.63. The highest BCUT2D eigenvalue weighted by atomic mass is 79.9. The average Bonchev–Trinajstić information content (AvgIpc) is 2.66. The van der Waals surface area contributed by atoms with E-state index < -0.39 is 0 Å². The highest BCUT2D eigenvalue weighted by Crippen LogP contribution is 2.34. The number of benzene rings is 2. The second-order valence-electron chi connectivity index (χ2n) is 5.43. The summed E-state index contributed by atoms with van der Waals surface area (Å²) in [5, 5.41) is 4.01. The molecule has 27 heavy (non-hydrogen) atoms. The second kappa shape index (κ2) is 10.3. The van der Waals surface area contributed by atoms with Crippen molar-refractivity contribution in [2.75, 3.05) is 20.8 Å². The fourth-order valence-corrected chi connectivity index (χ4v) is 3.65. The van der Waals surface area contributed by atoms with Crippen molar-refractivity contribution in [1.29, 1.82) is 0 Å². The predicted octanol–water partition coefficient (Wildman–Crippen LogP) is 4.78. The molecule has 0 aliphatic heterocycles. The highest BCUT2D eigenvalue weighted by Gasteiger charge is 2.11. The lowest BCUT2D eigenvalue weighted by Crippen LogP contribution is -2.17. The van der Waals surface area contributed by atoms with Crippen molar-refractivity contribution < 1.29 is 19.0 Å². The van der Waals surface area contributed by atoms with Gasteiger partial charge in [0.05, 0.1) is 36.0 Å². The van der Waals surface area contributed by atoms with Gasteiger partial charge >= 0.3 is 0 Å². The first kappa shape index (κ1) is 21.2. The van der Waals surface area contributed by atoms with Gasteiger partial charge in [-0.15, -0.1) is 0 Å². The number of hydrogen-bond donors (Lipinski definition) is 1. The molecule has 1 amide bonds. The Morgan fingerprint density at radius 3 is 2.37 bits per heavy atom. The monoisotopic (exact) mass is 498 g/mol. The minimum atomic E-state index is -0.353. The smallest absolute Gasteiger partial charge is 0.271 e. The Bertz CT molecular complexity index is 817. The maximum atomic E-state index is 12.2. The molecule has 2 rings (SSSR count). The quantitative estimate of drug-likeness (QED) is 0.419. The molecular formula is C19H20Br2N2O4. The molecule has 1 N–H and O–H groups in total. The Morgan fingerprint density at radius 1 is 1.11 bits per heavy atom. The van der Waals surface area contributed by atoms with Crippen LogP contribution in [0.2, 0.25) is 0 Å². The second-order valence-corrected chi connectivity index (χ2v) is 7.14. The summed E-state index contributed by atoms with van der Waals surface area (Å²) in [5.74, 6) is 1.42. The largest absolute Gasteiger partial charge is 0.493 e. The van der Waals surface area contributed by atoms with Crippen LogP contribution in [0, 0.1) is 0 Å². The lowest BCUT2D eigenvalue weighted by atomic mass is 10.2. The summed E-state index contributed by atoms with van der Waals surface area (Å²) in [5.41, 5.74) is 3.71. The van der Waals surface area contributed by atoms with E-state index in [1.165, 1.54) is 14.2 Å². The van der Waals surface area contributed by atoms with Crippen LogP contribution in [-0.4, -0.2) is 32.9 Å². The number of hydrogen-bond acceptors (Lipinski definition) is 5. The third-order valence-electron chi connectivity index (χ3n) is 3.50. The summed E-state index contributed by atoms with van der Waals surface area (Å²) < 4.78 is 17.7. The zero-order valence-corrected chi connectivity index (χ0v) is 18.4. The molecule has 0 radical (unpaired) electrons. The van der Waals surface area contributed by atoms with E-state index in [0.717, 1.165) is 26.7 Å². The third kappa shape index (κ3) is 5.71. The van der Waals surface area contributed by atoms with Gasteiger partial charge < -0.3 is 14.2 Å². The molecule has 0 atom stereocenters. The van der Waals surface area contributed by atoms with Gasteiger partial charge in [-0.2, -0.15) is 5.10 Å². The normalized spacial score (nSPS) is 10.7. The number of rotatable bonds is 8. The highest BCUT2D eigenvalue weighted by molar-refractivity contribution is 9.11. The molecular weight excluding hydrogens is 480 g/mol. The predicted molar refractivity (Wildman–Crippen MR) is 112 cm³/mol. The molecule has 0 saturated heterocycles. The van der Waals surface area contributed by atoms with Crippen LogP contribution in [0.1, 0.15) is 29.3 Å². The number of amides is 1. The molecule has 0 saturated carbocycles. The molecule has 0 fully saturated rings. The van der Waals surface area contributed by atoms with Gasteiger partial charge in [0.1, 0.15) is 5.75 Å². The lowest BCUT2D eigenvalue weighted by Gasteiger charge is -2.10. The SMILES string of the molecule is CCCOc1c(Br)cc(/C=N/NC(=O)c2ccc(OC)c(OC)c2)cc1Br. The lowest BCUT2D eigenvalue weighted by molar-refractivity contribution is 0.0954. The van der Waals surface area contributed by atoms with Gasteiger partial charge in [0.2, 0.25) is 0 Å². The summed E-state index contributed by atoms with van der Waals surface area (Å²) in [6.45, 7) is 2.68. The standard InChI is InChI=1S/C19H20Br2N2O4/c1-4-7-27-18-14(20)8-12(9-15(18)21)11-22-23-19(24)13-5-6-16(25-2)17(10-13)26-3/h5-6,8-11H,4,7H2,1-3H3,(H,23,24)/b22-11+. The Balaban J connectivity index is 2.07. The van der Waals surface area contributed by atoms with Crippen LogP contribution in [0.5, 0.6) is 17.2 Å². The van der Waals surface area contributed by atoms with Gasteiger partial charge in [-0.05, 0) is 74.2 Å². The van der Waals surface area contributed by atoms with Gasteiger partial charge in [0, 0.05) is 5.56 Å². The maximum absolute atomic E-state index is 12.2. The van der Waals surface area contributed by atoms with E-state index in [-0.39, 0.29) is 5.91 Å². The van der Waals surface area contributed by atoms with E-state index in [9.17, 15) is 4.79 Å². The first-order valence-electron chi connectivity index (χ1n) is 8.17. The fourth-order valence-electron chi connectivity index (χ4n) is 2.20. The number of halogens is 2. The van der Waals surface area contributed by atoms with Crippen molar-refractivity contribution in [1.82, 2.24) is 5.43 Å². The van der Waals surface area contributed by atoms with Gasteiger partial charge in [-0.3, -0.25) is 4.79 Å². The number of carbonyl (C=O) groups excluding carboxylic acids is 1. The van der Waals surface area contributed by atoms with Gasteiger partial charge in [-0.25, -0.2) is 5.43 Å². The van der Waals surface area contributed by atoms with Gasteiger partial charge in [0.15, 0.2) is 11.5 Å². The number of nitrogens with one attached hydrogen (secondary N) is 1. The molecule has 0 bridgehead atoms. The van der Waals surface area contributed by atoms with Crippen molar-refractivity contribution in [2.24, 2.45) is 5.10 Å². The number of nitrogens with zero attached hydrogens (tertiary/aromatic N) is 1. The van der Waals surface area contributed by atoms with Crippen LogP contribution < -0.4 is 19.6 Å². The molecule has 0 aromatic heterocycles. The Morgan fingerprint density at radius 2 is 1.78 bits per heavy atom. The van der Waals surface area contributed by atoms with Crippen molar-refractivity contribution in [2.45, 2.75) is 13.3 Å². The van der Waals surface area contributed by atoms with Crippen molar-refractivity contribution >= 4 is 44.0 Å². The minimum Gasteiger partial charge on any atom is -0.493 e. The van der Waals surface area contributed by atoms with E-state index >= 15 is 0 Å². The molecule has 0 heterocycles. The molecule has 144 valence electrons. The Labute approximate surface area is 175 Å². The fraction of sp³-hybridized carbons (Fsp3) is 0.263. The molecule has 0 aliphatic rings. The molecule has 0 unspecified atom stereocenters. The molecule has 0 spiro atoms. The number of methoxy groups -OCH3 is 2. The molecule has 6 nitrogen and oxygen atoms in total. The van der Waals surface area contributed by atoms with Crippen molar-refractivity contribution in [3.05, 3.63) is 50.4 Å². The van der Waals surface area contributed by atoms with E-state index in [1.807, 2.05) is 19.1 Å². The number of hydrazone groups is 1. The van der Waals surface area contributed by atoms with E-state index in [1.54, 1.807) is 24.4 Å². The minimum absolute atomic E-state index is 0.353. The molecule has 8 heteroatoms. The zero-order valence-electron chi connectivity index (χ0n) is 15.2. The maximum Gasteiger partial charge on any atom is 0.271 e. The van der Waals surface area contributed by atoms with Gasteiger partial charge in [-0.1, -0.05) is 6.92 Å². The Hall–Kier alpha value is -2.06. The van der Waals surface area contributed by atoms with Gasteiger partial charge in [0.25, 0.3) is 5.91 Å². The number of ether oxygens (including phenoxy) is 3. The number of carbonyl (C=O) groups is 1. The van der Waals surface area contributed by atoms with Crippen LogP contribution >= 0.6 is 31.9 Å². The van der Waals surface area contributed by atoms with Crippen LogP contribution in [-0.2, 0) is 0 Å². The first-order chi connectivity index (χ1) is 13.0. The summed E-state index contributed by atoms with van der Waals surface area (Å²) in [4.78, 5) is 12.2. The van der Waals surface area contributed by atoms with Crippen molar-refractivity contribution in [3.8, 4) is 17.2 Å². The first-order valence-corrected chi connectivity index (χ1v) is 9.76. The average molecular weight is 500 g/mol. The van der Waals surface area contributed by atoms with Crippen molar-refractivity contribution in [3.63, 3.8) is 0 Å². The topological polar surface area (TPSA) is 69.2 Å². The third-order valence-corrected chi connectivity index (χ3v) is 4.67. The van der Waals surface area contributed by atoms with Crippen LogP contribution in [0.25, 0.3) is 0 Å². The van der Waals surface area contributed by atoms with E-state index in [2.05, 4.69) is 42.4 Å². The van der Waals surface area contributed by atoms with Crippen LogP contribution in [0.15, 0.2) is 44.4 Å². The van der Waals surface area contributed by atoms with Crippen LogP contribution in [0.3, 0.4) is 0 Å². The summed E-state index contributed by atoms with van der Waals surface area (Å²) in [7, 11) is 3.05. The summed E-state index contributed by atoms with van der Waals surface area (Å²) >= 11 is 6.97.